The van der Waals surface area contributed by atoms with Gasteiger partial charge in [-0.05, 0) is 95.0 Å². The highest BCUT2D eigenvalue weighted by atomic mass is 19.1. The first-order valence-electron chi connectivity index (χ1n) is 17.2. The zero-order valence-corrected chi connectivity index (χ0v) is 29.4. The van der Waals surface area contributed by atoms with E-state index in [9.17, 15) is 9.90 Å². The molecule has 0 saturated carbocycles. The number of pyridine rings is 2. The maximum absolute atomic E-state index is 15.8. The molecule has 1 fully saturated rings. The Hall–Kier alpha value is -4.96. The highest BCUT2D eigenvalue weighted by molar-refractivity contribution is 6.01. The second-order valence-electron chi connectivity index (χ2n) is 14.2. The van der Waals surface area contributed by atoms with E-state index in [4.69, 9.17) is 24.2 Å². The lowest BCUT2D eigenvalue weighted by molar-refractivity contribution is -0.160. The van der Waals surface area contributed by atoms with Crippen LogP contribution in [0.3, 0.4) is 0 Å². The molecule has 10 heteroatoms. The lowest BCUT2D eigenvalue weighted by Crippen LogP contribution is -2.28. The zero-order chi connectivity index (χ0) is 35.3. The molecule has 0 bridgehead atoms. The van der Waals surface area contributed by atoms with Gasteiger partial charge in [-0.3, -0.25) is 0 Å². The van der Waals surface area contributed by atoms with Crippen LogP contribution < -0.4 is 14.4 Å². The van der Waals surface area contributed by atoms with Gasteiger partial charge in [0.2, 0.25) is 0 Å². The summed E-state index contributed by atoms with van der Waals surface area (Å²) in [6.07, 6.45) is 2.84. The highest BCUT2D eigenvalue weighted by Crippen LogP contribution is 2.45. The fourth-order valence-corrected chi connectivity index (χ4v) is 7.32. The summed E-state index contributed by atoms with van der Waals surface area (Å²) in [6, 6.07) is 17.4. The van der Waals surface area contributed by atoms with Crippen molar-refractivity contribution in [2.24, 2.45) is 7.05 Å². The molecule has 1 unspecified atom stereocenters. The quantitative estimate of drug-likeness (QED) is 0.176. The summed E-state index contributed by atoms with van der Waals surface area (Å²) >= 11 is 0. The normalized spacial score (nSPS) is 16.7. The molecule has 0 amide bonds. The first-order valence-corrected chi connectivity index (χ1v) is 17.2. The van der Waals surface area contributed by atoms with Gasteiger partial charge in [0.1, 0.15) is 23.3 Å². The molecule has 0 radical (unpaired) electrons. The van der Waals surface area contributed by atoms with Gasteiger partial charge in [0.15, 0.2) is 17.7 Å². The van der Waals surface area contributed by atoms with Crippen molar-refractivity contribution in [1.82, 2.24) is 14.5 Å². The number of hydrogen-bond donors (Lipinski definition) is 1. The zero-order valence-electron chi connectivity index (χ0n) is 29.4. The Morgan fingerprint density at radius 2 is 1.90 bits per heavy atom. The van der Waals surface area contributed by atoms with Crippen LogP contribution in [0, 0.1) is 19.7 Å². The van der Waals surface area contributed by atoms with E-state index >= 15 is 4.39 Å². The van der Waals surface area contributed by atoms with Crippen molar-refractivity contribution < 1.29 is 28.5 Å². The van der Waals surface area contributed by atoms with Crippen LogP contribution in [0.15, 0.2) is 60.8 Å². The maximum atomic E-state index is 15.8. The largest absolute Gasteiger partial charge is 0.490 e. The molecule has 9 nitrogen and oxygen atoms in total. The monoisotopic (exact) mass is 678 g/mol. The van der Waals surface area contributed by atoms with E-state index in [1.165, 1.54) is 6.07 Å². The molecular weight excluding hydrogens is 635 g/mol. The number of fused-ring (bicyclic) bond motifs is 2. The van der Waals surface area contributed by atoms with E-state index in [2.05, 4.69) is 11.0 Å². The molecule has 2 aliphatic rings. The summed E-state index contributed by atoms with van der Waals surface area (Å²) in [5, 5.41) is 11.3. The van der Waals surface area contributed by atoms with E-state index in [0.717, 1.165) is 53.3 Å². The van der Waals surface area contributed by atoms with E-state index in [0.29, 0.717) is 53.0 Å². The number of aryl methyl sites for hydroxylation is 2. The smallest absolute Gasteiger partial charge is 0.337 e. The van der Waals surface area contributed by atoms with Crippen LogP contribution in [-0.2, 0) is 23.0 Å². The average Bonchev–Trinajstić information content (AvgIpc) is 3.69. The van der Waals surface area contributed by atoms with E-state index in [1.807, 2.05) is 81.8 Å². The minimum atomic E-state index is -1.34. The van der Waals surface area contributed by atoms with E-state index < -0.39 is 23.5 Å². The molecule has 7 rings (SSSR count). The summed E-state index contributed by atoms with van der Waals surface area (Å²) in [7, 11) is 1.95. The molecule has 2 aliphatic heterocycles. The third-order valence-electron chi connectivity index (χ3n) is 9.62. The van der Waals surface area contributed by atoms with Crippen molar-refractivity contribution in [3.8, 4) is 33.9 Å². The summed E-state index contributed by atoms with van der Waals surface area (Å²) in [5.41, 5.74) is 5.45. The first kappa shape index (κ1) is 33.5. The van der Waals surface area contributed by atoms with Crippen molar-refractivity contribution in [2.75, 3.05) is 24.6 Å². The van der Waals surface area contributed by atoms with Gasteiger partial charge >= 0.3 is 5.97 Å². The molecule has 1 saturated heterocycles. The molecule has 50 heavy (non-hydrogen) atoms. The molecule has 0 spiro atoms. The van der Waals surface area contributed by atoms with Gasteiger partial charge in [-0.2, -0.15) is 0 Å². The molecule has 2 aromatic carbocycles. The minimum absolute atomic E-state index is 0.0526. The Balaban J connectivity index is 1.37. The number of ether oxygens (including phenoxy) is 3. The minimum Gasteiger partial charge on any atom is -0.490 e. The Morgan fingerprint density at radius 1 is 1.12 bits per heavy atom. The van der Waals surface area contributed by atoms with Crippen LogP contribution >= 0.6 is 0 Å². The number of carboxylic acid groups (broad SMARTS) is 1. The first-order chi connectivity index (χ1) is 23.9. The lowest BCUT2D eigenvalue weighted by Gasteiger charge is -2.29. The van der Waals surface area contributed by atoms with Crippen molar-refractivity contribution >= 4 is 22.8 Å². The van der Waals surface area contributed by atoms with Crippen molar-refractivity contribution in [2.45, 2.75) is 71.7 Å². The Bertz CT molecular complexity index is 2090. The van der Waals surface area contributed by atoms with Crippen LogP contribution in [-0.4, -0.2) is 57.0 Å². The second-order valence-corrected chi connectivity index (χ2v) is 14.2. The molecule has 1 N–H and O–H groups in total. The number of nitrogens with zero attached hydrogens (tertiary/aromatic N) is 4. The molecule has 5 heterocycles. The van der Waals surface area contributed by atoms with Gasteiger partial charge in [-0.1, -0.05) is 18.2 Å². The second kappa shape index (κ2) is 13.1. The Morgan fingerprint density at radius 3 is 2.64 bits per heavy atom. The van der Waals surface area contributed by atoms with Gasteiger partial charge in [-0.25, -0.2) is 19.2 Å². The number of carboxylic acids is 1. The molecular formula is C40H43FN4O5. The predicted molar refractivity (Wildman–Crippen MR) is 192 cm³/mol. The highest BCUT2D eigenvalue weighted by Gasteiger charge is 2.35. The van der Waals surface area contributed by atoms with Crippen molar-refractivity contribution in [3.63, 3.8) is 0 Å². The number of carbonyl (C=O) groups is 1. The summed E-state index contributed by atoms with van der Waals surface area (Å²) in [6.45, 7) is 11.2. The van der Waals surface area contributed by atoms with Crippen LogP contribution in [0.25, 0.3) is 33.4 Å². The van der Waals surface area contributed by atoms with Gasteiger partial charge in [0.05, 0.1) is 24.4 Å². The topological polar surface area (TPSA) is 98.9 Å². The number of aliphatic carboxylic acids is 1. The summed E-state index contributed by atoms with van der Waals surface area (Å²) < 4.78 is 36.0. The standard InChI is InChI=1S/C40H43FN4O5/c1-23-28-13-10-18-48-36(28)31(41)20-29(23)35-30-21-32(44(6)38(30)43-24(2)34(35)37(39(46)47)50-40(3,4)5)25-14-16-42-33(19-25)45-17-15-27(22-45)49-26-11-8-7-9-12-26/h7-9,11-12,14,16,19-21,27,37H,10,13,15,17-18,22H2,1-6H3,(H,46,47)/t27?,37-/m0/s1. The molecule has 3 aromatic heterocycles. The third-order valence-corrected chi connectivity index (χ3v) is 9.62. The van der Waals surface area contributed by atoms with E-state index in [-0.39, 0.29) is 11.9 Å². The van der Waals surface area contributed by atoms with Crippen LogP contribution in [0.2, 0.25) is 0 Å². The third kappa shape index (κ3) is 6.28. The van der Waals surface area contributed by atoms with Crippen molar-refractivity contribution in [3.05, 3.63) is 89.0 Å². The lowest BCUT2D eigenvalue weighted by atomic mass is 9.86. The number of halogens is 1. The van der Waals surface area contributed by atoms with Crippen LogP contribution in [0.4, 0.5) is 10.2 Å². The number of benzene rings is 2. The van der Waals surface area contributed by atoms with Crippen LogP contribution in [0.1, 0.15) is 62.1 Å². The number of hydrogen-bond acceptors (Lipinski definition) is 7. The fourth-order valence-electron chi connectivity index (χ4n) is 7.32. The maximum Gasteiger partial charge on any atom is 0.337 e. The van der Waals surface area contributed by atoms with E-state index in [1.54, 1.807) is 13.1 Å². The number of aromatic nitrogens is 3. The number of anilines is 1. The van der Waals surface area contributed by atoms with Gasteiger partial charge in [0.25, 0.3) is 0 Å². The van der Waals surface area contributed by atoms with Gasteiger partial charge in [-0.15, -0.1) is 0 Å². The Kier molecular flexibility index (Phi) is 8.76. The fraction of sp³-hybridized carbons (Fsp3) is 0.375. The molecule has 2 atom stereocenters. The van der Waals surface area contributed by atoms with Crippen LogP contribution in [0.5, 0.6) is 11.5 Å². The molecule has 5 aromatic rings. The Labute approximate surface area is 291 Å². The summed E-state index contributed by atoms with van der Waals surface area (Å²) in [4.78, 5) is 24.9. The molecule has 260 valence electrons. The SMILES string of the molecule is Cc1nc2c(cc(-c3ccnc(N4CCC(Oc5ccccc5)C4)c3)n2C)c(-c2cc(F)c3c(c2C)CCCO3)c1[C@H](OC(C)(C)C)C(=O)O. The number of para-hydroxylation sites is 1. The summed E-state index contributed by atoms with van der Waals surface area (Å²) in [5.74, 6) is 0.369. The van der Waals surface area contributed by atoms with Gasteiger partial charge < -0.3 is 28.8 Å². The number of rotatable bonds is 8. The average molecular weight is 679 g/mol. The predicted octanol–water partition coefficient (Wildman–Crippen LogP) is 7.98. The molecule has 0 aliphatic carbocycles. The van der Waals surface area contributed by atoms with Crippen molar-refractivity contribution in [1.29, 1.82) is 0 Å². The van der Waals surface area contributed by atoms with Gasteiger partial charge in [0, 0.05) is 59.5 Å².